The lowest BCUT2D eigenvalue weighted by Gasteiger charge is -2.28. The Bertz CT molecular complexity index is 841. The molecule has 0 fully saturated rings. The summed E-state index contributed by atoms with van der Waals surface area (Å²) in [6.07, 6.45) is 0.152. The summed E-state index contributed by atoms with van der Waals surface area (Å²) in [5.74, 6) is -2.69. The molecule has 9 nitrogen and oxygen atoms in total. The van der Waals surface area contributed by atoms with Gasteiger partial charge < -0.3 is 25.3 Å². The maximum atomic E-state index is 12.3. The Morgan fingerprint density at radius 1 is 1.44 bits per heavy atom. The number of carboxylic acids is 1. The predicted octanol–water partition coefficient (Wildman–Crippen LogP) is 0.159. The average molecular weight is 361 g/mol. The van der Waals surface area contributed by atoms with Gasteiger partial charge in [-0.1, -0.05) is 17.3 Å². The molecule has 0 saturated carbocycles. The fraction of sp³-hybridized carbons (Fsp3) is 0.143. The van der Waals surface area contributed by atoms with Crippen LogP contribution in [-0.2, 0) is 11.2 Å². The van der Waals surface area contributed by atoms with E-state index in [-0.39, 0.29) is 29.1 Å². The summed E-state index contributed by atoms with van der Waals surface area (Å²) in [5.41, 5.74) is 1.85. The molecule has 1 aliphatic heterocycles. The fourth-order valence-electron chi connectivity index (χ4n) is 2.50. The van der Waals surface area contributed by atoms with Crippen LogP contribution in [0.5, 0.6) is 5.75 Å². The van der Waals surface area contributed by atoms with Gasteiger partial charge in [-0.05, 0) is 18.1 Å². The highest BCUT2D eigenvalue weighted by Crippen LogP contribution is 2.30. The van der Waals surface area contributed by atoms with Gasteiger partial charge in [-0.2, -0.15) is 0 Å². The summed E-state index contributed by atoms with van der Waals surface area (Å²) in [4.78, 5) is 27.4. The molecule has 2 heterocycles. The Labute approximate surface area is 145 Å². The van der Waals surface area contributed by atoms with Gasteiger partial charge in [0.2, 0.25) is 0 Å². The molecule has 0 radical (unpaired) electrons. The van der Waals surface area contributed by atoms with E-state index in [0.29, 0.717) is 5.56 Å². The topological polar surface area (TPSA) is 141 Å². The fourth-order valence-corrected chi connectivity index (χ4v) is 3.03. The SMILES string of the molecule is O=C(NC1Cc2cccc(C(=O)O)c2OB1O)C(=NO)c1cscn1. The normalized spacial score (nSPS) is 16.8. The van der Waals surface area contributed by atoms with Crippen molar-refractivity contribution < 1.29 is 29.6 Å². The van der Waals surface area contributed by atoms with Crippen molar-refractivity contribution in [1.29, 1.82) is 0 Å². The zero-order valence-electron chi connectivity index (χ0n) is 12.6. The van der Waals surface area contributed by atoms with Gasteiger partial charge in [0.25, 0.3) is 5.91 Å². The molecular weight excluding hydrogens is 349 g/mol. The number of amides is 1. The minimum absolute atomic E-state index is 0.0681. The van der Waals surface area contributed by atoms with E-state index in [1.54, 1.807) is 12.1 Å². The standard InChI is InChI=1S/C14H12BN3O6S/c19-13(11(18-23)9-5-25-6-16-9)17-10-4-7-2-1-3-8(14(20)21)12(7)24-15(10)22/h1-3,5-6,10,22-23H,4H2,(H,17,19)(H,20,21). The molecule has 2 aromatic rings. The van der Waals surface area contributed by atoms with Crippen molar-refractivity contribution in [3.05, 3.63) is 45.9 Å². The molecule has 25 heavy (non-hydrogen) atoms. The maximum absolute atomic E-state index is 12.3. The molecule has 0 spiro atoms. The Morgan fingerprint density at radius 3 is 2.88 bits per heavy atom. The summed E-state index contributed by atoms with van der Waals surface area (Å²) in [6, 6.07) is 4.57. The number of nitrogens with one attached hydrogen (secondary N) is 1. The number of para-hydroxylation sites is 1. The van der Waals surface area contributed by atoms with E-state index >= 15 is 0 Å². The first-order valence-corrected chi connectivity index (χ1v) is 8.07. The number of thiazole rings is 1. The van der Waals surface area contributed by atoms with E-state index in [9.17, 15) is 14.6 Å². The van der Waals surface area contributed by atoms with Crippen LogP contribution in [-0.4, -0.2) is 51.0 Å². The molecular formula is C14H12BN3O6S. The summed E-state index contributed by atoms with van der Waals surface area (Å²) in [7, 11) is -1.45. The molecule has 1 aliphatic rings. The lowest BCUT2D eigenvalue weighted by atomic mass is 9.72. The number of rotatable bonds is 4. The monoisotopic (exact) mass is 361 g/mol. The summed E-state index contributed by atoms with van der Waals surface area (Å²) in [6.45, 7) is 0. The van der Waals surface area contributed by atoms with E-state index in [0.717, 1.165) is 0 Å². The lowest BCUT2D eigenvalue weighted by molar-refractivity contribution is -0.115. The van der Waals surface area contributed by atoms with Crippen molar-refractivity contribution in [2.24, 2.45) is 5.16 Å². The number of oxime groups is 1. The first-order chi connectivity index (χ1) is 12.0. The molecule has 1 aromatic carbocycles. The number of carboxylic acid groups (broad SMARTS) is 1. The Balaban J connectivity index is 1.80. The third-order valence-electron chi connectivity index (χ3n) is 3.66. The van der Waals surface area contributed by atoms with Gasteiger partial charge >= 0.3 is 13.1 Å². The van der Waals surface area contributed by atoms with E-state index < -0.39 is 24.9 Å². The molecule has 3 rings (SSSR count). The van der Waals surface area contributed by atoms with Crippen molar-refractivity contribution in [1.82, 2.24) is 10.3 Å². The zero-order valence-corrected chi connectivity index (χ0v) is 13.4. The van der Waals surface area contributed by atoms with Crippen molar-refractivity contribution in [2.45, 2.75) is 12.4 Å². The van der Waals surface area contributed by atoms with Crippen LogP contribution >= 0.6 is 11.3 Å². The number of aromatic nitrogens is 1. The second-order valence-electron chi connectivity index (χ2n) is 5.21. The molecule has 0 bridgehead atoms. The van der Waals surface area contributed by atoms with Crippen LogP contribution in [0.2, 0.25) is 0 Å². The highest BCUT2D eigenvalue weighted by Gasteiger charge is 2.38. The van der Waals surface area contributed by atoms with Crippen molar-refractivity contribution >= 4 is 36.0 Å². The van der Waals surface area contributed by atoms with E-state index in [1.807, 2.05) is 0 Å². The van der Waals surface area contributed by atoms with Crippen LogP contribution in [0.3, 0.4) is 0 Å². The highest BCUT2D eigenvalue weighted by molar-refractivity contribution is 7.07. The number of fused-ring (bicyclic) bond motifs is 1. The minimum atomic E-state index is -1.45. The van der Waals surface area contributed by atoms with Crippen LogP contribution < -0.4 is 9.97 Å². The molecule has 1 amide bonds. The van der Waals surface area contributed by atoms with Gasteiger partial charge in [-0.25, -0.2) is 9.78 Å². The maximum Gasteiger partial charge on any atom is 0.547 e. The van der Waals surface area contributed by atoms with Gasteiger partial charge in [-0.15, -0.1) is 11.3 Å². The molecule has 0 aliphatic carbocycles. The molecule has 11 heteroatoms. The molecule has 1 aromatic heterocycles. The largest absolute Gasteiger partial charge is 0.547 e. The Morgan fingerprint density at radius 2 is 2.24 bits per heavy atom. The molecule has 1 unspecified atom stereocenters. The number of nitrogens with zero attached hydrogens (tertiary/aromatic N) is 2. The predicted molar refractivity (Wildman–Crippen MR) is 88.1 cm³/mol. The van der Waals surface area contributed by atoms with E-state index in [2.05, 4.69) is 15.5 Å². The zero-order chi connectivity index (χ0) is 18.0. The number of carbonyl (C=O) groups is 2. The van der Waals surface area contributed by atoms with Crippen LogP contribution in [0.25, 0.3) is 0 Å². The van der Waals surface area contributed by atoms with Crippen molar-refractivity contribution in [2.75, 3.05) is 0 Å². The van der Waals surface area contributed by atoms with Crippen LogP contribution in [0.1, 0.15) is 21.6 Å². The minimum Gasteiger partial charge on any atom is -0.534 e. The van der Waals surface area contributed by atoms with E-state index in [4.69, 9.17) is 15.0 Å². The number of hydrogen-bond donors (Lipinski definition) is 4. The average Bonchev–Trinajstić information content (AvgIpc) is 3.09. The summed E-state index contributed by atoms with van der Waals surface area (Å²) >= 11 is 1.23. The third-order valence-corrected chi connectivity index (χ3v) is 4.24. The Hall–Kier alpha value is -2.92. The first kappa shape index (κ1) is 16.9. The molecule has 128 valence electrons. The van der Waals surface area contributed by atoms with Gasteiger partial charge in [0.15, 0.2) is 5.71 Å². The van der Waals surface area contributed by atoms with Crippen LogP contribution in [0.4, 0.5) is 0 Å². The number of benzene rings is 1. The van der Waals surface area contributed by atoms with Gasteiger partial charge in [0.1, 0.15) is 11.4 Å². The first-order valence-electron chi connectivity index (χ1n) is 7.12. The molecule has 4 N–H and O–H groups in total. The lowest BCUT2D eigenvalue weighted by Crippen LogP contribution is -2.54. The van der Waals surface area contributed by atoms with Crippen LogP contribution in [0.15, 0.2) is 34.2 Å². The highest BCUT2D eigenvalue weighted by atomic mass is 32.1. The summed E-state index contributed by atoms with van der Waals surface area (Å²) in [5, 5.41) is 35.3. The smallest absolute Gasteiger partial charge is 0.534 e. The summed E-state index contributed by atoms with van der Waals surface area (Å²) < 4.78 is 5.29. The second kappa shape index (κ2) is 6.91. The quantitative estimate of drug-likeness (QED) is 0.263. The van der Waals surface area contributed by atoms with Crippen LogP contribution in [0, 0.1) is 0 Å². The van der Waals surface area contributed by atoms with Gasteiger partial charge in [-0.3, -0.25) is 4.79 Å². The third kappa shape index (κ3) is 3.32. The Kier molecular flexibility index (Phi) is 4.68. The van der Waals surface area contributed by atoms with Crippen molar-refractivity contribution in [3.8, 4) is 5.75 Å². The van der Waals surface area contributed by atoms with E-state index in [1.165, 1.54) is 28.3 Å². The van der Waals surface area contributed by atoms with Gasteiger partial charge in [0, 0.05) is 5.38 Å². The van der Waals surface area contributed by atoms with Crippen molar-refractivity contribution in [3.63, 3.8) is 0 Å². The number of aromatic carboxylic acids is 1. The number of carbonyl (C=O) groups excluding carboxylic acids is 1. The number of hydrogen-bond acceptors (Lipinski definition) is 8. The van der Waals surface area contributed by atoms with Gasteiger partial charge in [0.05, 0.1) is 17.0 Å². The second-order valence-corrected chi connectivity index (χ2v) is 5.93. The molecule has 1 atom stereocenters. The molecule has 0 saturated heterocycles.